The van der Waals surface area contributed by atoms with Gasteiger partial charge in [0.1, 0.15) is 0 Å². The predicted octanol–water partition coefficient (Wildman–Crippen LogP) is 0.955. The molecule has 1 aromatic rings. The Hall–Kier alpha value is -0.980. The molecule has 1 aliphatic heterocycles. The molecule has 0 amide bonds. The first kappa shape index (κ1) is 14.4. The van der Waals surface area contributed by atoms with Gasteiger partial charge in [-0.15, -0.1) is 10.2 Å². The first-order valence-electron chi connectivity index (χ1n) is 6.85. The van der Waals surface area contributed by atoms with Crippen molar-refractivity contribution in [2.75, 3.05) is 40.3 Å². The number of likely N-dealkylation sites (N-methyl/N-ethyl adjacent to an activating group) is 1. The third-order valence-corrected chi connectivity index (χ3v) is 3.13. The summed E-state index contributed by atoms with van der Waals surface area (Å²) in [7, 11) is 4.13. The second-order valence-electron chi connectivity index (χ2n) is 5.68. The molecule has 19 heavy (non-hydrogen) atoms. The molecule has 2 heterocycles. The standard InChI is InChI=1S/C13H24N4O2/c1-10(2)13-15-14-12(19-13)9-17-5-6-18-11(8-17)7-16(3)4/h10-11H,5-9H2,1-4H3/t11-/m1/s1. The lowest BCUT2D eigenvalue weighted by Gasteiger charge is -2.33. The Balaban J connectivity index is 1.87. The molecule has 108 valence electrons. The van der Waals surface area contributed by atoms with E-state index in [4.69, 9.17) is 9.15 Å². The van der Waals surface area contributed by atoms with Crippen LogP contribution in [0.25, 0.3) is 0 Å². The highest BCUT2D eigenvalue weighted by molar-refractivity contribution is 4.88. The van der Waals surface area contributed by atoms with Gasteiger partial charge in [-0.1, -0.05) is 13.8 Å². The van der Waals surface area contributed by atoms with E-state index in [1.54, 1.807) is 0 Å². The van der Waals surface area contributed by atoms with Crippen LogP contribution in [0.15, 0.2) is 4.42 Å². The summed E-state index contributed by atoms with van der Waals surface area (Å²) in [6, 6.07) is 0. The quantitative estimate of drug-likeness (QED) is 0.792. The van der Waals surface area contributed by atoms with Crippen molar-refractivity contribution in [2.45, 2.75) is 32.4 Å². The summed E-state index contributed by atoms with van der Waals surface area (Å²) in [5.74, 6) is 1.70. The van der Waals surface area contributed by atoms with E-state index in [9.17, 15) is 0 Å². The minimum absolute atomic E-state index is 0.260. The Labute approximate surface area is 114 Å². The van der Waals surface area contributed by atoms with Crippen LogP contribution in [-0.2, 0) is 11.3 Å². The number of morpholine rings is 1. The molecule has 0 radical (unpaired) electrons. The first-order chi connectivity index (χ1) is 9.04. The first-order valence-corrected chi connectivity index (χ1v) is 6.85. The third-order valence-electron chi connectivity index (χ3n) is 3.13. The molecule has 6 heteroatoms. The van der Waals surface area contributed by atoms with Crippen LogP contribution >= 0.6 is 0 Å². The lowest BCUT2D eigenvalue weighted by Crippen LogP contribution is -2.46. The van der Waals surface area contributed by atoms with Gasteiger partial charge in [-0.2, -0.15) is 0 Å². The topological polar surface area (TPSA) is 54.6 Å². The largest absolute Gasteiger partial charge is 0.424 e. The van der Waals surface area contributed by atoms with Crippen molar-refractivity contribution in [3.63, 3.8) is 0 Å². The van der Waals surface area contributed by atoms with Gasteiger partial charge >= 0.3 is 0 Å². The van der Waals surface area contributed by atoms with Crippen LogP contribution in [0.4, 0.5) is 0 Å². The summed E-state index contributed by atoms with van der Waals surface area (Å²) in [4.78, 5) is 4.47. The van der Waals surface area contributed by atoms with Crippen molar-refractivity contribution in [2.24, 2.45) is 0 Å². The molecule has 0 aliphatic carbocycles. The summed E-state index contributed by atoms with van der Waals surface area (Å²) in [5.41, 5.74) is 0. The maximum atomic E-state index is 5.75. The molecule has 0 spiro atoms. The number of rotatable bonds is 5. The van der Waals surface area contributed by atoms with E-state index in [2.05, 4.69) is 47.9 Å². The average molecular weight is 268 g/mol. The molecule has 1 aromatic heterocycles. The van der Waals surface area contributed by atoms with Crippen LogP contribution in [0.2, 0.25) is 0 Å². The van der Waals surface area contributed by atoms with Crippen molar-refractivity contribution in [3.05, 3.63) is 11.8 Å². The van der Waals surface area contributed by atoms with Gasteiger partial charge in [-0.25, -0.2) is 0 Å². The smallest absolute Gasteiger partial charge is 0.230 e. The molecule has 0 bridgehead atoms. The van der Waals surface area contributed by atoms with Crippen LogP contribution in [0, 0.1) is 0 Å². The van der Waals surface area contributed by atoms with Crippen molar-refractivity contribution in [3.8, 4) is 0 Å². The Morgan fingerprint density at radius 3 is 2.79 bits per heavy atom. The van der Waals surface area contributed by atoms with Gasteiger partial charge in [0.25, 0.3) is 0 Å². The molecule has 1 fully saturated rings. The van der Waals surface area contributed by atoms with E-state index < -0.39 is 0 Å². The van der Waals surface area contributed by atoms with Gasteiger partial charge in [0, 0.05) is 25.6 Å². The molecule has 0 unspecified atom stereocenters. The highest BCUT2D eigenvalue weighted by atomic mass is 16.5. The maximum Gasteiger partial charge on any atom is 0.230 e. The SMILES string of the molecule is CC(C)c1nnc(CN2CCO[C@H](CN(C)C)C2)o1. The van der Waals surface area contributed by atoms with Crippen LogP contribution < -0.4 is 0 Å². The molecule has 6 nitrogen and oxygen atoms in total. The predicted molar refractivity (Wildman–Crippen MR) is 72.0 cm³/mol. The van der Waals surface area contributed by atoms with Crippen LogP contribution in [0.3, 0.4) is 0 Å². The van der Waals surface area contributed by atoms with E-state index in [1.807, 2.05) is 0 Å². The molecule has 1 atom stereocenters. The van der Waals surface area contributed by atoms with Crippen LogP contribution in [-0.4, -0.2) is 66.4 Å². The Morgan fingerprint density at radius 2 is 2.16 bits per heavy atom. The van der Waals surface area contributed by atoms with Crippen molar-refractivity contribution in [1.29, 1.82) is 0 Å². The van der Waals surface area contributed by atoms with Gasteiger partial charge in [0.2, 0.25) is 11.8 Å². The second kappa shape index (κ2) is 6.45. The molecule has 0 saturated carbocycles. The number of hydrogen-bond acceptors (Lipinski definition) is 6. The lowest BCUT2D eigenvalue weighted by atomic mass is 10.2. The van der Waals surface area contributed by atoms with Gasteiger partial charge < -0.3 is 14.1 Å². The normalized spacial score (nSPS) is 21.5. The summed E-state index contributed by atoms with van der Waals surface area (Å²) < 4.78 is 11.4. The highest BCUT2D eigenvalue weighted by Crippen LogP contribution is 2.14. The van der Waals surface area contributed by atoms with Crippen molar-refractivity contribution >= 4 is 0 Å². The molecular weight excluding hydrogens is 244 g/mol. The van der Waals surface area contributed by atoms with Crippen LogP contribution in [0.5, 0.6) is 0 Å². The highest BCUT2D eigenvalue weighted by Gasteiger charge is 2.22. The van der Waals surface area contributed by atoms with Gasteiger partial charge in [0.15, 0.2) is 0 Å². The summed E-state index contributed by atoms with van der Waals surface area (Å²) >= 11 is 0. The minimum Gasteiger partial charge on any atom is -0.424 e. The second-order valence-corrected chi connectivity index (χ2v) is 5.68. The fourth-order valence-corrected chi connectivity index (χ4v) is 2.20. The summed E-state index contributed by atoms with van der Waals surface area (Å²) in [5, 5.41) is 8.17. The van der Waals surface area contributed by atoms with Gasteiger partial charge in [0.05, 0.1) is 19.3 Å². The number of ether oxygens (including phenoxy) is 1. The van der Waals surface area contributed by atoms with E-state index in [1.165, 1.54) is 0 Å². The molecule has 0 aromatic carbocycles. The number of nitrogens with zero attached hydrogens (tertiary/aromatic N) is 4. The monoisotopic (exact) mass is 268 g/mol. The zero-order chi connectivity index (χ0) is 13.8. The van der Waals surface area contributed by atoms with Crippen molar-refractivity contribution in [1.82, 2.24) is 20.0 Å². The number of hydrogen-bond donors (Lipinski definition) is 0. The maximum absolute atomic E-state index is 5.75. The Morgan fingerprint density at radius 1 is 1.37 bits per heavy atom. The molecule has 2 rings (SSSR count). The van der Waals surface area contributed by atoms with E-state index in [0.29, 0.717) is 18.3 Å². The molecular formula is C13H24N4O2. The van der Waals surface area contributed by atoms with E-state index >= 15 is 0 Å². The van der Waals surface area contributed by atoms with E-state index in [0.717, 1.165) is 26.2 Å². The Kier molecular flexibility index (Phi) is 4.90. The van der Waals surface area contributed by atoms with Gasteiger partial charge in [-0.05, 0) is 14.1 Å². The third kappa shape index (κ3) is 4.26. The molecule has 1 aliphatic rings. The lowest BCUT2D eigenvalue weighted by molar-refractivity contribution is -0.0427. The summed E-state index contributed by atoms with van der Waals surface area (Å²) in [6.45, 7) is 8.37. The summed E-state index contributed by atoms with van der Waals surface area (Å²) in [6.07, 6.45) is 0.260. The molecule has 1 saturated heterocycles. The Bertz CT molecular complexity index is 392. The van der Waals surface area contributed by atoms with E-state index in [-0.39, 0.29) is 12.0 Å². The van der Waals surface area contributed by atoms with Gasteiger partial charge in [-0.3, -0.25) is 4.90 Å². The minimum atomic E-state index is 0.260. The number of aromatic nitrogens is 2. The zero-order valence-corrected chi connectivity index (χ0v) is 12.3. The fraction of sp³-hybridized carbons (Fsp3) is 0.846. The molecule has 0 N–H and O–H groups in total. The average Bonchev–Trinajstić information content (AvgIpc) is 2.77. The van der Waals surface area contributed by atoms with Crippen LogP contribution in [0.1, 0.15) is 31.5 Å². The fourth-order valence-electron chi connectivity index (χ4n) is 2.20. The zero-order valence-electron chi connectivity index (χ0n) is 12.3. The van der Waals surface area contributed by atoms with Crippen molar-refractivity contribution < 1.29 is 9.15 Å².